The molecular weight excluding hydrogens is 274 g/mol. The summed E-state index contributed by atoms with van der Waals surface area (Å²) in [6, 6.07) is 3.59. The molecule has 0 spiro atoms. The number of aryl methyl sites for hydroxylation is 1. The van der Waals surface area contributed by atoms with Crippen LogP contribution in [0.2, 0.25) is 0 Å². The van der Waals surface area contributed by atoms with Gasteiger partial charge in [0.25, 0.3) is 5.89 Å². The third-order valence-corrected chi connectivity index (χ3v) is 4.42. The topological polar surface area (TPSA) is 56.2 Å². The molecule has 0 saturated heterocycles. The van der Waals surface area contributed by atoms with Crippen LogP contribution in [0.3, 0.4) is 0 Å². The zero-order valence-electron chi connectivity index (χ0n) is 12.2. The summed E-state index contributed by atoms with van der Waals surface area (Å²) in [4.78, 5) is 4.38. The number of nitrogens with zero attached hydrogens (tertiary/aromatic N) is 1. The quantitative estimate of drug-likeness (QED) is 0.776. The van der Waals surface area contributed by atoms with Gasteiger partial charge in [0.15, 0.2) is 5.76 Å². The molecule has 0 aliphatic heterocycles. The van der Waals surface area contributed by atoms with E-state index in [9.17, 15) is 4.21 Å². The molecule has 1 atom stereocenters. The standard InChI is InChI=1S/C15H21NO3S/c1-11(2)6-5-9-20(17)10-13-12(3)19-15(16-13)14-7-4-8-18-14/h4,7-8,11H,5-6,9-10H2,1-3H3/t20-/m1/s1. The van der Waals surface area contributed by atoms with Crippen LogP contribution < -0.4 is 0 Å². The predicted molar refractivity (Wildman–Crippen MR) is 79.7 cm³/mol. The monoisotopic (exact) mass is 295 g/mol. The Morgan fingerprint density at radius 1 is 1.40 bits per heavy atom. The van der Waals surface area contributed by atoms with Crippen LogP contribution in [-0.4, -0.2) is 14.9 Å². The van der Waals surface area contributed by atoms with Crippen LogP contribution >= 0.6 is 0 Å². The van der Waals surface area contributed by atoms with Crippen molar-refractivity contribution in [3.05, 3.63) is 29.9 Å². The van der Waals surface area contributed by atoms with Crippen LogP contribution in [0.1, 0.15) is 38.1 Å². The molecule has 0 amide bonds. The van der Waals surface area contributed by atoms with Gasteiger partial charge in [-0.25, -0.2) is 4.98 Å². The lowest BCUT2D eigenvalue weighted by molar-refractivity contribution is 0.500. The molecule has 5 heteroatoms. The molecule has 0 saturated carbocycles. The van der Waals surface area contributed by atoms with Gasteiger partial charge in [0.1, 0.15) is 5.76 Å². The average Bonchev–Trinajstić information content (AvgIpc) is 2.99. The summed E-state index contributed by atoms with van der Waals surface area (Å²) >= 11 is 0. The molecule has 2 aromatic rings. The van der Waals surface area contributed by atoms with Crippen LogP contribution in [0.25, 0.3) is 11.7 Å². The molecule has 0 bridgehead atoms. The van der Waals surface area contributed by atoms with E-state index in [1.54, 1.807) is 18.4 Å². The fourth-order valence-corrected chi connectivity index (χ4v) is 3.15. The minimum atomic E-state index is -0.884. The molecule has 0 unspecified atom stereocenters. The van der Waals surface area contributed by atoms with E-state index < -0.39 is 10.8 Å². The first-order valence-corrected chi connectivity index (χ1v) is 8.40. The summed E-state index contributed by atoms with van der Waals surface area (Å²) in [6.45, 7) is 6.21. The predicted octanol–water partition coefficient (Wildman–Crippen LogP) is 3.93. The molecule has 0 aliphatic rings. The number of aromatic nitrogens is 1. The van der Waals surface area contributed by atoms with Gasteiger partial charge in [-0.15, -0.1) is 0 Å². The summed E-state index contributed by atoms with van der Waals surface area (Å²) in [6.07, 6.45) is 3.69. The fraction of sp³-hybridized carbons (Fsp3) is 0.533. The molecule has 0 radical (unpaired) electrons. The van der Waals surface area contributed by atoms with Crippen molar-refractivity contribution in [2.75, 3.05) is 5.75 Å². The second kappa shape index (κ2) is 6.88. The Labute approximate surface area is 122 Å². The number of rotatable bonds is 7. The maximum Gasteiger partial charge on any atom is 0.263 e. The second-order valence-electron chi connectivity index (χ2n) is 5.32. The molecule has 110 valence electrons. The Kier molecular flexibility index (Phi) is 5.17. The van der Waals surface area contributed by atoms with Crippen LogP contribution in [0.4, 0.5) is 0 Å². The number of hydrogen-bond acceptors (Lipinski definition) is 4. The summed E-state index contributed by atoms with van der Waals surface area (Å²) in [5.74, 6) is 3.61. The molecule has 2 heterocycles. The van der Waals surface area contributed by atoms with Gasteiger partial charge in [0, 0.05) is 16.6 Å². The van der Waals surface area contributed by atoms with E-state index in [4.69, 9.17) is 8.83 Å². The Hall–Kier alpha value is -1.36. The Morgan fingerprint density at radius 3 is 2.85 bits per heavy atom. The molecule has 0 fully saturated rings. The van der Waals surface area contributed by atoms with Gasteiger partial charge >= 0.3 is 0 Å². The first-order valence-electron chi connectivity index (χ1n) is 6.91. The zero-order valence-corrected chi connectivity index (χ0v) is 13.0. The van der Waals surface area contributed by atoms with Gasteiger partial charge in [-0.1, -0.05) is 20.3 Å². The minimum Gasteiger partial charge on any atom is -0.459 e. The van der Waals surface area contributed by atoms with Gasteiger partial charge < -0.3 is 8.83 Å². The van der Waals surface area contributed by atoms with Gasteiger partial charge in [0.2, 0.25) is 0 Å². The molecule has 4 nitrogen and oxygen atoms in total. The van der Waals surface area contributed by atoms with Crippen molar-refractivity contribution >= 4 is 10.8 Å². The van der Waals surface area contributed by atoms with Crippen molar-refractivity contribution in [3.63, 3.8) is 0 Å². The Morgan fingerprint density at radius 2 is 2.20 bits per heavy atom. The third kappa shape index (κ3) is 4.07. The van der Waals surface area contributed by atoms with E-state index in [0.717, 1.165) is 24.3 Å². The van der Waals surface area contributed by atoms with Crippen molar-refractivity contribution in [2.24, 2.45) is 5.92 Å². The van der Waals surface area contributed by atoms with Crippen molar-refractivity contribution in [2.45, 2.75) is 39.4 Å². The Bertz CT molecular complexity index is 558. The maximum atomic E-state index is 12.0. The first kappa shape index (κ1) is 15.0. The highest BCUT2D eigenvalue weighted by Crippen LogP contribution is 2.22. The summed E-state index contributed by atoms with van der Waals surface area (Å²) in [5, 5.41) is 0. The van der Waals surface area contributed by atoms with Gasteiger partial charge in [-0.3, -0.25) is 4.21 Å². The van der Waals surface area contributed by atoms with Crippen molar-refractivity contribution < 1.29 is 13.0 Å². The van der Waals surface area contributed by atoms with Crippen LogP contribution in [-0.2, 0) is 16.6 Å². The van der Waals surface area contributed by atoms with E-state index in [-0.39, 0.29) is 0 Å². The van der Waals surface area contributed by atoms with Crippen molar-refractivity contribution in [1.82, 2.24) is 4.98 Å². The molecule has 0 aliphatic carbocycles. The average molecular weight is 295 g/mol. The van der Waals surface area contributed by atoms with Crippen LogP contribution in [0.15, 0.2) is 27.2 Å². The van der Waals surface area contributed by atoms with E-state index in [1.807, 2.05) is 6.92 Å². The smallest absolute Gasteiger partial charge is 0.263 e. The summed E-state index contributed by atoms with van der Waals surface area (Å²) in [7, 11) is -0.884. The highest BCUT2D eigenvalue weighted by Gasteiger charge is 2.15. The van der Waals surface area contributed by atoms with Crippen LogP contribution in [0, 0.1) is 12.8 Å². The van der Waals surface area contributed by atoms with E-state index in [0.29, 0.717) is 29.1 Å². The lowest BCUT2D eigenvalue weighted by atomic mass is 10.1. The normalized spacial score (nSPS) is 13.0. The van der Waals surface area contributed by atoms with Gasteiger partial charge in [-0.05, 0) is 31.4 Å². The van der Waals surface area contributed by atoms with E-state index >= 15 is 0 Å². The van der Waals surface area contributed by atoms with Crippen molar-refractivity contribution in [3.8, 4) is 11.7 Å². The molecule has 0 N–H and O–H groups in total. The third-order valence-electron chi connectivity index (χ3n) is 3.08. The van der Waals surface area contributed by atoms with Gasteiger partial charge in [-0.2, -0.15) is 0 Å². The molecule has 2 aromatic heterocycles. The first-order chi connectivity index (χ1) is 9.56. The maximum absolute atomic E-state index is 12.0. The van der Waals surface area contributed by atoms with E-state index in [2.05, 4.69) is 18.8 Å². The SMILES string of the molecule is Cc1oc(-c2ccco2)nc1C[S@](=O)CCCC(C)C. The van der Waals surface area contributed by atoms with Crippen LogP contribution in [0.5, 0.6) is 0 Å². The lowest BCUT2D eigenvalue weighted by Crippen LogP contribution is -2.03. The van der Waals surface area contributed by atoms with Crippen molar-refractivity contribution in [1.29, 1.82) is 0 Å². The molecule has 20 heavy (non-hydrogen) atoms. The fourth-order valence-electron chi connectivity index (χ4n) is 1.94. The Balaban J connectivity index is 1.94. The summed E-state index contributed by atoms with van der Waals surface area (Å²) in [5.41, 5.74) is 0.763. The number of hydrogen-bond donors (Lipinski definition) is 0. The molecule has 2 rings (SSSR count). The highest BCUT2D eigenvalue weighted by molar-refractivity contribution is 7.84. The van der Waals surface area contributed by atoms with E-state index in [1.165, 1.54) is 0 Å². The molecule has 0 aromatic carbocycles. The largest absolute Gasteiger partial charge is 0.459 e. The highest BCUT2D eigenvalue weighted by atomic mass is 32.2. The molecular formula is C15H21NO3S. The lowest BCUT2D eigenvalue weighted by Gasteiger charge is -2.03. The zero-order chi connectivity index (χ0) is 14.5. The summed E-state index contributed by atoms with van der Waals surface area (Å²) < 4.78 is 22.9. The minimum absolute atomic E-state index is 0.453. The number of oxazole rings is 1. The number of furan rings is 1. The second-order valence-corrected chi connectivity index (χ2v) is 6.90. The van der Waals surface area contributed by atoms with Gasteiger partial charge in [0.05, 0.1) is 17.7 Å².